The molecule has 2 N–H and O–H groups in total. The molecule has 1 amide bonds. The van der Waals surface area contributed by atoms with Gasteiger partial charge in [0.05, 0.1) is 5.41 Å². The molecule has 0 saturated heterocycles. The predicted octanol–water partition coefficient (Wildman–Crippen LogP) is 3.02. The first kappa shape index (κ1) is 13.6. The molecule has 0 aromatic carbocycles. The molecule has 2 rings (SSSR count). The van der Waals surface area contributed by atoms with Gasteiger partial charge in [0.15, 0.2) is 0 Å². The predicted molar refractivity (Wildman–Crippen MR) is 79.1 cm³/mol. The number of carbonyl (C=O) groups is 1. The molecule has 2 atom stereocenters. The molecule has 0 bridgehead atoms. The lowest BCUT2D eigenvalue weighted by molar-refractivity contribution is -0.129. The number of nitrogens with two attached hydrogens (primary N) is 1. The van der Waals surface area contributed by atoms with E-state index in [0.717, 1.165) is 19.3 Å². The first-order chi connectivity index (χ1) is 8.57. The molecule has 2 aliphatic rings. The molecular weight excluding hydrogens is 238 g/mol. The van der Waals surface area contributed by atoms with Crippen LogP contribution < -0.4 is 5.73 Å². The van der Waals surface area contributed by atoms with Crippen LogP contribution in [0.1, 0.15) is 32.1 Å². The third-order valence-electron chi connectivity index (χ3n) is 4.61. The number of hydrogen-bond donors (Lipinski definition) is 1. The van der Waals surface area contributed by atoms with Crippen molar-refractivity contribution >= 4 is 14.7 Å². The Morgan fingerprint density at radius 2 is 2.28 bits per heavy atom. The van der Waals surface area contributed by atoms with Gasteiger partial charge < -0.3 is 5.73 Å². The van der Waals surface area contributed by atoms with E-state index in [4.69, 9.17) is 5.73 Å². The standard InChI is InChI=1S/C15H25NOSi/c1-18(2)11-13-9-5-6-10-15(13,14(16)17)12-7-3-4-8-12/h3-4,7,13,18H,5-6,8-11H2,1-2H3,(H2,16,17). The van der Waals surface area contributed by atoms with Crippen molar-refractivity contribution in [2.45, 2.75) is 51.2 Å². The molecular formula is C15H25NOSi. The van der Waals surface area contributed by atoms with Crippen LogP contribution in [-0.4, -0.2) is 14.7 Å². The number of primary amides is 1. The maximum Gasteiger partial charge on any atom is 0.228 e. The van der Waals surface area contributed by atoms with Gasteiger partial charge in [-0.1, -0.05) is 55.8 Å². The number of rotatable bonds is 4. The molecule has 18 heavy (non-hydrogen) atoms. The average Bonchev–Trinajstić information content (AvgIpc) is 2.82. The summed E-state index contributed by atoms with van der Waals surface area (Å²) in [5.74, 6) is 0.429. The van der Waals surface area contributed by atoms with E-state index in [1.54, 1.807) is 0 Å². The van der Waals surface area contributed by atoms with Crippen molar-refractivity contribution in [1.29, 1.82) is 0 Å². The Hall–Kier alpha value is -0.833. The molecule has 3 heteroatoms. The molecule has 0 aromatic heterocycles. The van der Waals surface area contributed by atoms with Crippen LogP contribution in [0.5, 0.6) is 0 Å². The lowest BCUT2D eigenvalue weighted by Gasteiger charge is -2.44. The monoisotopic (exact) mass is 263 g/mol. The molecule has 0 aliphatic heterocycles. The van der Waals surface area contributed by atoms with Gasteiger partial charge in [0.1, 0.15) is 0 Å². The van der Waals surface area contributed by atoms with E-state index in [2.05, 4.69) is 31.3 Å². The highest BCUT2D eigenvalue weighted by Crippen LogP contribution is 2.50. The van der Waals surface area contributed by atoms with E-state index in [-0.39, 0.29) is 11.3 Å². The maximum atomic E-state index is 12.2. The lowest BCUT2D eigenvalue weighted by atomic mass is 9.62. The van der Waals surface area contributed by atoms with Gasteiger partial charge in [-0.3, -0.25) is 4.79 Å². The fourth-order valence-electron chi connectivity index (χ4n) is 3.82. The van der Waals surface area contributed by atoms with Crippen molar-refractivity contribution in [3.05, 3.63) is 23.8 Å². The van der Waals surface area contributed by atoms with Crippen LogP contribution in [0.4, 0.5) is 0 Å². The minimum absolute atomic E-state index is 0.0724. The van der Waals surface area contributed by atoms with Crippen LogP contribution in [-0.2, 0) is 4.79 Å². The quantitative estimate of drug-likeness (QED) is 0.778. The Labute approximate surface area is 112 Å². The second-order valence-corrected chi connectivity index (χ2v) is 9.49. The van der Waals surface area contributed by atoms with Gasteiger partial charge in [0.25, 0.3) is 0 Å². The highest BCUT2D eigenvalue weighted by atomic mass is 28.3. The number of carbonyl (C=O) groups excluding carboxylic acids is 1. The van der Waals surface area contributed by atoms with Crippen molar-refractivity contribution in [3.8, 4) is 0 Å². The van der Waals surface area contributed by atoms with Crippen molar-refractivity contribution in [2.75, 3.05) is 0 Å². The summed E-state index contributed by atoms with van der Waals surface area (Å²) < 4.78 is 0. The van der Waals surface area contributed by atoms with Crippen LogP contribution in [0, 0.1) is 11.3 Å². The molecule has 1 fully saturated rings. The summed E-state index contributed by atoms with van der Waals surface area (Å²) in [6.07, 6.45) is 11.9. The molecule has 1 saturated carbocycles. The Bertz CT molecular complexity index is 386. The Morgan fingerprint density at radius 3 is 2.83 bits per heavy atom. The van der Waals surface area contributed by atoms with Crippen LogP contribution in [0.25, 0.3) is 0 Å². The number of amides is 1. The second kappa shape index (κ2) is 5.43. The van der Waals surface area contributed by atoms with Crippen molar-refractivity contribution in [1.82, 2.24) is 0 Å². The van der Waals surface area contributed by atoms with E-state index in [9.17, 15) is 4.79 Å². The van der Waals surface area contributed by atoms with Gasteiger partial charge in [-0.2, -0.15) is 0 Å². The fourth-order valence-corrected chi connectivity index (χ4v) is 5.59. The number of hydrogen-bond acceptors (Lipinski definition) is 1. The van der Waals surface area contributed by atoms with Crippen molar-refractivity contribution in [2.24, 2.45) is 17.1 Å². The molecule has 0 spiro atoms. The van der Waals surface area contributed by atoms with E-state index < -0.39 is 8.80 Å². The highest BCUT2D eigenvalue weighted by molar-refractivity contribution is 6.55. The van der Waals surface area contributed by atoms with Gasteiger partial charge in [-0.15, -0.1) is 0 Å². The van der Waals surface area contributed by atoms with Crippen molar-refractivity contribution in [3.63, 3.8) is 0 Å². The van der Waals surface area contributed by atoms with Crippen LogP contribution in [0.15, 0.2) is 23.8 Å². The molecule has 2 nitrogen and oxygen atoms in total. The molecule has 0 aromatic rings. The average molecular weight is 263 g/mol. The van der Waals surface area contributed by atoms with Gasteiger partial charge in [0.2, 0.25) is 5.91 Å². The van der Waals surface area contributed by atoms with Crippen molar-refractivity contribution < 1.29 is 4.79 Å². The zero-order valence-electron chi connectivity index (χ0n) is 11.6. The number of allylic oxidation sites excluding steroid dienone is 3. The molecule has 2 unspecified atom stereocenters. The van der Waals surface area contributed by atoms with E-state index >= 15 is 0 Å². The first-order valence-electron chi connectivity index (χ1n) is 7.23. The minimum Gasteiger partial charge on any atom is -0.369 e. The second-order valence-electron chi connectivity index (χ2n) is 6.23. The third kappa shape index (κ3) is 2.33. The Balaban J connectivity index is 2.32. The maximum absolute atomic E-state index is 12.2. The summed E-state index contributed by atoms with van der Waals surface area (Å²) >= 11 is 0. The largest absolute Gasteiger partial charge is 0.369 e. The SMILES string of the molecule is C[SiH](C)CC1CCCCC1(C(N)=O)C1=CC=CC1. The van der Waals surface area contributed by atoms with Crippen LogP contribution in [0.2, 0.25) is 19.1 Å². The van der Waals surface area contributed by atoms with Gasteiger partial charge in [0, 0.05) is 8.80 Å². The van der Waals surface area contributed by atoms with Gasteiger partial charge >= 0.3 is 0 Å². The third-order valence-corrected chi connectivity index (χ3v) is 6.12. The summed E-state index contributed by atoms with van der Waals surface area (Å²) in [6, 6.07) is 1.25. The van der Waals surface area contributed by atoms with Crippen LogP contribution in [0.3, 0.4) is 0 Å². The zero-order chi connectivity index (χ0) is 13.2. The first-order valence-corrected chi connectivity index (χ1v) is 10.4. The summed E-state index contributed by atoms with van der Waals surface area (Å²) in [5.41, 5.74) is 6.82. The smallest absolute Gasteiger partial charge is 0.228 e. The zero-order valence-corrected chi connectivity index (χ0v) is 12.8. The molecule has 2 aliphatic carbocycles. The van der Waals surface area contributed by atoms with E-state index in [0.29, 0.717) is 5.92 Å². The normalized spacial score (nSPS) is 31.7. The summed E-state index contributed by atoms with van der Waals surface area (Å²) in [7, 11) is -0.665. The summed E-state index contributed by atoms with van der Waals surface area (Å²) in [5, 5.41) is 0. The van der Waals surface area contributed by atoms with Gasteiger partial charge in [-0.05, 0) is 25.2 Å². The van der Waals surface area contributed by atoms with E-state index in [1.165, 1.54) is 24.5 Å². The highest BCUT2D eigenvalue weighted by Gasteiger charge is 2.48. The molecule has 0 radical (unpaired) electrons. The summed E-state index contributed by atoms with van der Waals surface area (Å²) in [4.78, 5) is 12.2. The topological polar surface area (TPSA) is 43.1 Å². The molecule has 100 valence electrons. The fraction of sp³-hybridized carbons (Fsp3) is 0.667. The minimum atomic E-state index is -0.665. The molecule has 0 heterocycles. The van der Waals surface area contributed by atoms with Gasteiger partial charge in [-0.25, -0.2) is 0 Å². The Kier molecular flexibility index (Phi) is 4.10. The van der Waals surface area contributed by atoms with Crippen LogP contribution >= 0.6 is 0 Å². The van der Waals surface area contributed by atoms with E-state index in [1.807, 2.05) is 0 Å². The summed E-state index contributed by atoms with van der Waals surface area (Å²) in [6.45, 7) is 4.75. The Morgan fingerprint density at radius 1 is 1.50 bits per heavy atom. The lowest BCUT2D eigenvalue weighted by Crippen LogP contribution is -2.47.